The molecule has 0 heterocycles. The number of nitriles is 1. The Bertz CT molecular complexity index is 610. The molecule has 1 aliphatic carbocycles. The van der Waals surface area contributed by atoms with Gasteiger partial charge in [0, 0.05) is 11.1 Å². The minimum absolute atomic E-state index is 0.0304. The lowest BCUT2D eigenvalue weighted by Crippen LogP contribution is -2.01. The number of nitrogens with zero attached hydrogens (tertiary/aromatic N) is 1. The van der Waals surface area contributed by atoms with E-state index in [-0.39, 0.29) is 5.78 Å². The molecule has 0 atom stereocenters. The van der Waals surface area contributed by atoms with Crippen LogP contribution in [0.1, 0.15) is 29.3 Å². The first kappa shape index (κ1) is 13.0. The lowest BCUT2D eigenvalue weighted by Gasteiger charge is -2.02. The highest BCUT2D eigenvalue weighted by atomic mass is 16.1. The maximum atomic E-state index is 12.3. The van der Waals surface area contributed by atoms with Gasteiger partial charge in [0.05, 0.1) is 12.5 Å². The van der Waals surface area contributed by atoms with Gasteiger partial charge in [0.15, 0.2) is 5.78 Å². The Hall–Kier alpha value is -2.40. The normalized spacial score (nSPS) is 14.1. The summed E-state index contributed by atoms with van der Waals surface area (Å²) in [4.78, 5) is 12.3. The number of ketones is 1. The van der Waals surface area contributed by atoms with E-state index >= 15 is 0 Å². The van der Waals surface area contributed by atoms with E-state index in [1.807, 2.05) is 37.3 Å². The van der Waals surface area contributed by atoms with Gasteiger partial charge >= 0.3 is 0 Å². The van der Waals surface area contributed by atoms with Crippen molar-refractivity contribution >= 4 is 5.78 Å². The summed E-state index contributed by atoms with van der Waals surface area (Å²) in [7, 11) is 0. The monoisotopic (exact) mass is 249 g/mol. The van der Waals surface area contributed by atoms with E-state index in [1.165, 1.54) is 5.57 Å². The zero-order valence-corrected chi connectivity index (χ0v) is 10.9. The Morgan fingerprint density at radius 2 is 1.95 bits per heavy atom. The topological polar surface area (TPSA) is 40.9 Å². The van der Waals surface area contributed by atoms with E-state index < -0.39 is 0 Å². The molecule has 0 unspecified atom stereocenters. The zero-order valence-electron chi connectivity index (χ0n) is 10.9. The van der Waals surface area contributed by atoms with Crippen LogP contribution in [0.3, 0.4) is 0 Å². The molecule has 0 radical (unpaired) electrons. The number of benzene rings is 1. The quantitative estimate of drug-likeness (QED) is 0.765. The Morgan fingerprint density at radius 1 is 1.21 bits per heavy atom. The third-order valence-corrected chi connectivity index (χ3v) is 3.06. The maximum absolute atomic E-state index is 12.3. The van der Waals surface area contributed by atoms with E-state index in [4.69, 9.17) is 5.26 Å². The summed E-state index contributed by atoms with van der Waals surface area (Å²) in [5, 5.41) is 8.62. The van der Waals surface area contributed by atoms with Crippen LogP contribution in [-0.4, -0.2) is 5.78 Å². The Balaban J connectivity index is 2.19. The van der Waals surface area contributed by atoms with E-state index in [1.54, 1.807) is 12.1 Å². The molecular weight excluding hydrogens is 234 g/mol. The summed E-state index contributed by atoms with van der Waals surface area (Å²) in [6.07, 6.45) is 9.02. The molecule has 0 saturated heterocycles. The largest absolute Gasteiger partial charge is 0.289 e. The minimum Gasteiger partial charge on any atom is -0.289 e. The summed E-state index contributed by atoms with van der Waals surface area (Å²) < 4.78 is 0. The average molecular weight is 249 g/mol. The van der Waals surface area contributed by atoms with Crippen molar-refractivity contribution in [2.24, 2.45) is 0 Å². The lowest BCUT2D eigenvalue weighted by atomic mass is 10.0. The van der Waals surface area contributed by atoms with Gasteiger partial charge in [0.2, 0.25) is 0 Å². The first-order valence-corrected chi connectivity index (χ1v) is 6.26. The molecule has 0 saturated carbocycles. The number of allylic oxidation sites excluding steroid dienone is 6. The molecule has 1 aliphatic rings. The second-order valence-corrected chi connectivity index (χ2v) is 4.54. The first-order chi connectivity index (χ1) is 9.20. The number of carbonyl (C=O) groups excluding carboxylic acids is 1. The van der Waals surface area contributed by atoms with Crippen LogP contribution in [0, 0.1) is 11.3 Å². The zero-order chi connectivity index (χ0) is 13.7. The molecule has 0 spiro atoms. The Morgan fingerprint density at radius 3 is 2.63 bits per heavy atom. The van der Waals surface area contributed by atoms with Gasteiger partial charge in [-0.1, -0.05) is 54.1 Å². The second-order valence-electron chi connectivity index (χ2n) is 4.54. The third-order valence-electron chi connectivity index (χ3n) is 3.06. The molecule has 1 aromatic rings. The average Bonchev–Trinajstić information content (AvgIpc) is 2.64. The van der Waals surface area contributed by atoms with E-state index in [9.17, 15) is 4.79 Å². The molecule has 2 rings (SSSR count). The van der Waals surface area contributed by atoms with Gasteiger partial charge in [0.25, 0.3) is 0 Å². The van der Waals surface area contributed by atoms with Crippen LogP contribution in [0.15, 0.2) is 59.7 Å². The molecule has 1 aromatic carbocycles. The molecule has 2 heteroatoms. The molecule has 0 bridgehead atoms. The molecule has 0 aromatic heterocycles. The number of Topliss-reactive ketones (excluding diaryl/α,β-unsaturated/α-hetero) is 1. The van der Waals surface area contributed by atoms with Gasteiger partial charge in [-0.25, -0.2) is 0 Å². The van der Waals surface area contributed by atoms with E-state index in [0.717, 1.165) is 17.6 Å². The van der Waals surface area contributed by atoms with Crippen molar-refractivity contribution in [1.82, 2.24) is 0 Å². The summed E-state index contributed by atoms with van der Waals surface area (Å²) in [6, 6.07) is 9.34. The third kappa shape index (κ3) is 3.29. The smallest absolute Gasteiger partial charge is 0.192 e. The lowest BCUT2D eigenvalue weighted by molar-refractivity contribution is 0.103. The van der Waals surface area contributed by atoms with Crippen LogP contribution in [0.2, 0.25) is 0 Å². The van der Waals surface area contributed by atoms with Crippen molar-refractivity contribution in [3.63, 3.8) is 0 Å². The highest BCUT2D eigenvalue weighted by Crippen LogP contribution is 2.16. The van der Waals surface area contributed by atoms with Crippen LogP contribution in [0.4, 0.5) is 0 Å². The Labute approximate surface area is 113 Å². The number of rotatable bonds is 3. The molecule has 19 heavy (non-hydrogen) atoms. The molecule has 94 valence electrons. The fourth-order valence-corrected chi connectivity index (χ4v) is 1.93. The van der Waals surface area contributed by atoms with Crippen LogP contribution in [0.5, 0.6) is 0 Å². The second kappa shape index (κ2) is 5.97. The van der Waals surface area contributed by atoms with E-state index in [0.29, 0.717) is 12.0 Å². The minimum atomic E-state index is 0.0304. The van der Waals surface area contributed by atoms with Gasteiger partial charge in [-0.15, -0.1) is 0 Å². The van der Waals surface area contributed by atoms with Gasteiger partial charge in [-0.2, -0.15) is 5.26 Å². The van der Waals surface area contributed by atoms with Crippen molar-refractivity contribution in [3.05, 3.63) is 70.8 Å². The van der Waals surface area contributed by atoms with Crippen molar-refractivity contribution in [2.75, 3.05) is 0 Å². The van der Waals surface area contributed by atoms with Gasteiger partial charge in [-0.05, 0) is 18.9 Å². The van der Waals surface area contributed by atoms with Gasteiger partial charge < -0.3 is 0 Å². The van der Waals surface area contributed by atoms with Gasteiger partial charge in [0.1, 0.15) is 0 Å². The molecule has 2 nitrogen and oxygen atoms in total. The SMILES string of the molecule is CC1=CCC=C(C(=O)c2ccc(CC#N)cc2)C=C1. The van der Waals surface area contributed by atoms with Crippen molar-refractivity contribution in [2.45, 2.75) is 19.8 Å². The Kier molecular flexibility index (Phi) is 4.10. The van der Waals surface area contributed by atoms with Crippen molar-refractivity contribution in [3.8, 4) is 6.07 Å². The number of hydrogen-bond acceptors (Lipinski definition) is 2. The fraction of sp³-hybridized carbons (Fsp3) is 0.176. The predicted octanol–water partition coefficient (Wildman–Crippen LogP) is 3.77. The van der Waals surface area contributed by atoms with Crippen molar-refractivity contribution < 1.29 is 4.79 Å². The maximum Gasteiger partial charge on any atom is 0.192 e. The molecule has 0 N–H and O–H groups in total. The summed E-state index contributed by atoms with van der Waals surface area (Å²) in [5.74, 6) is 0.0304. The predicted molar refractivity (Wildman–Crippen MR) is 75.7 cm³/mol. The molecule has 0 amide bonds. The first-order valence-electron chi connectivity index (χ1n) is 6.26. The molecular formula is C17H15NO. The van der Waals surface area contributed by atoms with Gasteiger partial charge in [-0.3, -0.25) is 4.79 Å². The molecule has 0 fully saturated rings. The summed E-state index contributed by atoms with van der Waals surface area (Å²) >= 11 is 0. The van der Waals surface area contributed by atoms with Crippen LogP contribution in [0.25, 0.3) is 0 Å². The highest BCUT2D eigenvalue weighted by molar-refractivity contribution is 6.10. The summed E-state index contributed by atoms with van der Waals surface area (Å²) in [5.41, 5.74) is 3.49. The number of carbonyl (C=O) groups is 1. The summed E-state index contributed by atoms with van der Waals surface area (Å²) in [6.45, 7) is 2.02. The van der Waals surface area contributed by atoms with E-state index in [2.05, 4.69) is 12.1 Å². The fourth-order valence-electron chi connectivity index (χ4n) is 1.93. The highest BCUT2D eigenvalue weighted by Gasteiger charge is 2.10. The van der Waals surface area contributed by atoms with Crippen LogP contribution < -0.4 is 0 Å². The van der Waals surface area contributed by atoms with Crippen LogP contribution >= 0.6 is 0 Å². The van der Waals surface area contributed by atoms with Crippen LogP contribution in [-0.2, 0) is 6.42 Å². The number of hydrogen-bond donors (Lipinski definition) is 0. The van der Waals surface area contributed by atoms with Crippen molar-refractivity contribution in [1.29, 1.82) is 5.26 Å². The standard InChI is InChI=1S/C17H15NO/c1-13-3-2-4-15(8-5-13)17(19)16-9-6-14(7-10-16)11-12-18/h3-10H,2,11H2,1H3. The molecule has 0 aliphatic heterocycles.